The van der Waals surface area contributed by atoms with Crippen LogP contribution in [0.4, 0.5) is 5.69 Å². The highest BCUT2D eigenvalue weighted by Crippen LogP contribution is 2.26. The van der Waals surface area contributed by atoms with Gasteiger partial charge >= 0.3 is 0 Å². The van der Waals surface area contributed by atoms with Gasteiger partial charge in [-0.1, -0.05) is 74.9 Å². The molecule has 3 rings (SSSR count). The van der Waals surface area contributed by atoms with Crippen molar-refractivity contribution in [3.8, 4) is 0 Å². The molecule has 0 saturated heterocycles. The van der Waals surface area contributed by atoms with Gasteiger partial charge in [-0.2, -0.15) is 0 Å². The van der Waals surface area contributed by atoms with E-state index in [1.807, 2.05) is 50.5 Å². The Bertz CT molecular complexity index is 879. The van der Waals surface area contributed by atoms with E-state index in [-0.39, 0.29) is 6.04 Å². The Hall–Kier alpha value is -2.62. The van der Waals surface area contributed by atoms with E-state index in [0.717, 1.165) is 24.3 Å². The number of aromatic nitrogens is 1. The van der Waals surface area contributed by atoms with Gasteiger partial charge in [-0.25, -0.2) is 0 Å². The number of benzene rings is 2. The van der Waals surface area contributed by atoms with Gasteiger partial charge in [0, 0.05) is 29.6 Å². The minimum absolute atomic E-state index is 0.108. The molecule has 0 fully saturated rings. The fourth-order valence-corrected chi connectivity index (χ4v) is 3.29. The Morgan fingerprint density at radius 2 is 1.72 bits per heavy atom. The zero-order valence-electron chi connectivity index (χ0n) is 17.4. The van der Waals surface area contributed by atoms with Crippen molar-refractivity contribution in [2.24, 2.45) is 0 Å². The summed E-state index contributed by atoms with van der Waals surface area (Å²) in [7, 11) is 0. The van der Waals surface area contributed by atoms with E-state index in [0.29, 0.717) is 5.02 Å². The molecule has 0 bridgehead atoms. The van der Waals surface area contributed by atoms with Crippen LogP contribution < -0.4 is 5.73 Å². The number of nitrogens with two attached hydrogens (primary N) is 1. The third-order valence-electron chi connectivity index (χ3n) is 4.58. The van der Waals surface area contributed by atoms with Gasteiger partial charge in [0.05, 0.1) is 6.04 Å². The van der Waals surface area contributed by atoms with E-state index in [4.69, 9.17) is 17.3 Å². The summed E-state index contributed by atoms with van der Waals surface area (Å²) < 4.78 is 0. The van der Waals surface area contributed by atoms with Crippen molar-refractivity contribution in [2.75, 3.05) is 12.3 Å². The molecule has 3 nitrogen and oxygen atoms in total. The quantitative estimate of drug-likeness (QED) is 0.447. The molecule has 1 aromatic heterocycles. The molecule has 0 aliphatic carbocycles. The second-order valence-corrected chi connectivity index (χ2v) is 6.84. The van der Waals surface area contributed by atoms with Crippen molar-refractivity contribution in [1.29, 1.82) is 0 Å². The van der Waals surface area contributed by atoms with Gasteiger partial charge < -0.3 is 5.73 Å². The van der Waals surface area contributed by atoms with Crippen molar-refractivity contribution in [3.63, 3.8) is 0 Å². The lowest BCUT2D eigenvalue weighted by Gasteiger charge is -2.29. The average Bonchev–Trinajstić information content (AvgIpc) is 2.78. The lowest BCUT2D eigenvalue weighted by atomic mass is 10.0. The van der Waals surface area contributed by atoms with Crippen LogP contribution in [0.15, 0.2) is 79.1 Å². The van der Waals surface area contributed by atoms with E-state index >= 15 is 0 Å². The highest BCUT2D eigenvalue weighted by Gasteiger charge is 2.17. The second kappa shape index (κ2) is 12.1. The number of anilines is 1. The molecule has 3 aromatic rings. The summed E-state index contributed by atoms with van der Waals surface area (Å²) in [6.45, 7) is 7.95. The van der Waals surface area contributed by atoms with Gasteiger partial charge in [0.1, 0.15) is 0 Å². The molecule has 1 unspecified atom stereocenters. The lowest BCUT2D eigenvalue weighted by molar-refractivity contribution is 0.235. The summed E-state index contributed by atoms with van der Waals surface area (Å²) >= 11 is 6.14. The maximum Gasteiger partial charge on any atom is 0.0539 e. The topological polar surface area (TPSA) is 42.1 Å². The van der Waals surface area contributed by atoms with Gasteiger partial charge in [0.15, 0.2) is 0 Å². The number of pyridine rings is 1. The van der Waals surface area contributed by atoms with Gasteiger partial charge in [0.25, 0.3) is 0 Å². The van der Waals surface area contributed by atoms with Crippen LogP contribution in [-0.2, 0) is 6.54 Å². The normalized spacial score (nSPS) is 11.9. The number of rotatable bonds is 7. The van der Waals surface area contributed by atoms with E-state index in [2.05, 4.69) is 65.4 Å². The Labute approximate surface area is 179 Å². The number of hydrogen-bond acceptors (Lipinski definition) is 3. The Morgan fingerprint density at radius 1 is 1.03 bits per heavy atom. The molecule has 0 aliphatic rings. The lowest BCUT2D eigenvalue weighted by Crippen LogP contribution is -2.27. The summed E-state index contributed by atoms with van der Waals surface area (Å²) in [5.41, 5.74) is 10.2. The van der Waals surface area contributed by atoms with Crippen LogP contribution in [0.3, 0.4) is 0 Å². The fraction of sp³-hybridized carbons (Fsp3) is 0.240. The monoisotopic (exact) mass is 407 g/mol. The van der Waals surface area contributed by atoms with Crippen LogP contribution in [-0.4, -0.2) is 16.4 Å². The van der Waals surface area contributed by atoms with Gasteiger partial charge in [-0.15, -0.1) is 0 Å². The number of nitrogen functional groups attached to an aromatic ring is 1. The predicted molar refractivity (Wildman–Crippen MR) is 126 cm³/mol. The van der Waals surface area contributed by atoms with E-state index in [1.54, 1.807) is 0 Å². The third-order valence-corrected chi connectivity index (χ3v) is 4.82. The van der Waals surface area contributed by atoms with Crippen molar-refractivity contribution < 1.29 is 0 Å². The maximum atomic E-state index is 6.14. The number of nitrogens with zero attached hydrogens (tertiary/aromatic N) is 2. The van der Waals surface area contributed by atoms with E-state index in [1.165, 1.54) is 11.1 Å². The van der Waals surface area contributed by atoms with Crippen LogP contribution in [0.25, 0.3) is 6.08 Å². The van der Waals surface area contributed by atoms with Crippen molar-refractivity contribution in [2.45, 2.75) is 33.4 Å². The molecule has 0 radical (unpaired) electrons. The number of halogens is 1. The molecule has 0 spiro atoms. The molecule has 2 N–H and O–H groups in total. The molecule has 4 heteroatoms. The molecule has 0 saturated carbocycles. The Balaban J connectivity index is 0.00000145. The smallest absolute Gasteiger partial charge is 0.0539 e. The minimum atomic E-state index is 0.108. The van der Waals surface area contributed by atoms with Crippen LogP contribution in [0, 0.1) is 0 Å². The summed E-state index contributed by atoms with van der Waals surface area (Å²) in [6, 6.07) is 20.3. The first-order chi connectivity index (χ1) is 14.2. The minimum Gasteiger partial charge on any atom is -0.398 e. The molecular formula is C25H30ClN3. The van der Waals surface area contributed by atoms with E-state index < -0.39 is 0 Å². The third kappa shape index (κ3) is 6.74. The molecule has 29 heavy (non-hydrogen) atoms. The van der Waals surface area contributed by atoms with Crippen LogP contribution in [0.1, 0.15) is 43.5 Å². The van der Waals surface area contributed by atoms with Crippen molar-refractivity contribution in [1.82, 2.24) is 9.88 Å². The van der Waals surface area contributed by atoms with Crippen molar-refractivity contribution in [3.05, 3.63) is 101 Å². The predicted octanol–water partition coefficient (Wildman–Crippen LogP) is 6.62. The number of likely N-dealkylation sites (N-methyl/N-ethyl adjacent to an activating group) is 1. The first-order valence-electron chi connectivity index (χ1n) is 10.1. The standard InChI is InChI=1S/C23H24ClN3.C2H6/c1-2-27(17-18-6-4-3-5-7-18)23(19-12-14-26-15-13-19)11-8-20-16-21(24)9-10-22(20)25;1-2/h3-16,23H,2,17,25H2,1H3;1-2H3/b11-8+;. The highest BCUT2D eigenvalue weighted by molar-refractivity contribution is 6.30. The second-order valence-electron chi connectivity index (χ2n) is 6.41. The average molecular weight is 408 g/mol. The molecule has 1 heterocycles. The van der Waals surface area contributed by atoms with Crippen LogP contribution >= 0.6 is 11.6 Å². The fourth-order valence-electron chi connectivity index (χ4n) is 3.11. The van der Waals surface area contributed by atoms with Crippen molar-refractivity contribution >= 4 is 23.4 Å². The molecular weight excluding hydrogens is 378 g/mol. The largest absolute Gasteiger partial charge is 0.398 e. The Kier molecular flexibility index (Phi) is 9.42. The van der Waals surface area contributed by atoms with Gasteiger partial charge in [-0.05, 0) is 53.6 Å². The van der Waals surface area contributed by atoms with E-state index in [9.17, 15) is 0 Å². The highest BCUT2D eigenvalue weighted by atomic mass is 35.5. The number of hydrogen-bond donors (Lipinski definition) is 1. The molecule has 1 atom stereocenters. The zero-order valence-corrected chi connectivity index (χ0v) is 18.2. The maximum absolute atomic E-state index is 6.14. The zero-order chi connectivity index (χ0) is 21.1. The first-order valence-corrected chi connectivity index (χ1v) is 10.5. The van der Waals surface area contributed by atoms with Gasteiger partial charge in [0.2, 0.25) is 0 Å². The summed E-state index contributed by atoms with van der Waals surface area (Å²) in [6.07, 6.45) is 7.91. The summed E-state index contributed by atoms with van der Waals surface area (Å²) in [5.74, 6) is 0. The SMILES string of the molecule is CC.CCN(Cc1ccccc1)C(/C=C/c1cc(Cl)ccc1N)c1ccncc1. The van der Waals surface area contributed by atoms with Gasteiger partial charge in [-0.3, -0.25) is 9.88 Å². The molecule has 152 valence electrons. The van der Waals surface area contributed by atoms with Crippen LogP contribution in [0.2, 0.25) is 5.02 Å². The molecule has 0 amide bonds. The first kappa shape index (κ1) is 22.7. The molecule has 2 aromatic carbocycles. The molecule has 0 aliphatic heterocycles. The Morgan fingerprint density at radius 3 is 2.38 bits per heavy atom. The summed E-state index contributed by atoms with van der Waals surface area (Å²) in [4.78, 5) is 6.58. The summed E-state index contributed by atoms with van der Waals surface area (Å²) in [5, 5.41) is 0.681. The van der Waals surface area contributed by atoms with Crippen LogP contribution in [0.5, 0.6) is 0 Å².